The number of rotatable bonds is 4. The Kier molecular flexibility index (Phi) is 3.89. The van der Waals surface area contributed by atoms with Crippen LogP contribution in [0.15, 0.2) is 48.8 Å². The van der Waals surface area contributed by atoms with E-state index < -0.39 is 18.3 Å². The quantitative estimate of drug-likeness (QED) is 0.904. The van der Waals surface area contributed by atoms with Crippen LogP contribution in [0.1, 0.15) is 5.56 Å². The van der Waals surface area contributed by atoms with Gasteiger partial charge in [0.05, 0.1) is 6.54 Å². The van der Waals surface area contributed by atoms with Crippen LogP contribution < -0.4 is 5.32 Å². The Balaban J connectivity index is 2.25. The van der Waals surface area contributed by atoms with Crippen molar-refractivity contribution >= 4 is 5.95 Å². The van der Waals surface area contributed by atoms with Crippen molar-refractivity contribution in [3.8, 4) is 0 Å². The molecule has 0 radical (unpaired) electrons. The molecule has 106 valence electrons. The van der Waals surface area contributed by atoms with Gasteiger partial charge >= 0.3 is 6.18 Å². The van der Waals surface area contributed by atoms with Crippen molar-refractivity contribution < 1.29 is 18.3 Å². The van der Waals surface area contributed by atoms with Gasteiger partial charge in [-0.05, 0) is 11.6 Å². The summed E-state index contributed by atoms with van der Waals surface area (Å²) in [5.41, 5.74) is -3.25. The molecule has 0 aliphatic carbocycles. The molecule has 0 fully saturated rings. The third-order valence-corrected chi connectivity index (χ3v) is 2.79. The summed E-state index contributed by atoms with van der Waals surface area (Å²) < 4.78 is 39.5. The molecule has 1 aromatic carbocycles. The van der Waals surface area contributed by atoms with E-state index in [2.05, 4.69) is 15.3 Å². The summed E-state index contributed by atoms with van der Waals surface area (Å²) in [5.74, 6) is 0.0195. The summed E-state index contributed by atoms with van der Waals surface area (Å²) in [6.07, 6.45) is -2.04. The number of hydrogen-bond donors (Lipinski definition) is 2. The number of aromatic nitrogens is 2. The van der Waals surface area contributed by atoms with Gasteiger partial charge in [-0.15, -0.1) is 0 Å². The second-order valence-corrected chi connectivity index (χ2v) is 4.15. The molecule has 0 amide bonds. The summed E-state index contributed by atoms with van der Waals surface area (Å²) in [4.78, 5) is 7.51. The van der Waals surface area contributed by atoms with Crippen molar-refractivity contribution in [2.45, 2.75) is 11.8 Å². The Morgan fingerprint density at radius 2 is 1.60 bits per heavy atom. The number of aliphatic hydroxyl groups is 1. The minimum Gasteiger partial charge on any atom is -0.375 e. The van der Waals surface area contributed by atoms with Crippen LogP contribution in [-0.2, 0) is 5.60 Å². The van der Waals surface area contributed by atoms with Crippen molar-refractivity contribution in [3.05, 3.63) is 54.4 Å². The fraction of sp³-hybridized carbons (Fsp3) is 0.231. The largest absolute Gasteiger partial charge is 0.423 e. The average molecular weight is 283 g/mol. The lowest BCUT2D eigenvalue weighted by Crippen LogP contribution is -2.47. The standard InChI is InChI=1S/C13H12F3N3O/c14-13(15,16)12(20,10-5-2-1-3-6-10)9-19-11-17-7-4-8-18-11/h1-8,20H,9H2,(H,17,18,19)/t12-/m1/s1. The molecule has 1 atom stereocenters. The normalized spacial score (nSPS) is 14.6. The topological polar surface area (TPSA) is 58.0 Å². The molecule has 2 aromatic rings. The molecule has 0 spiro atoms. The molecule has 20 heavy (non-hydrogen) atoms. The second-order valence-electron chi connectivity index (χ2n) is 4.15. The minimum atomic E-state index is -4.82. The number of halogens is 3. The van der Waals surface area contributed by atoms with Gasteiger partial charge in [0.2, 0.25) is 11.5 Å². The molecular weight excluding hydrogens is 271 g/mol. The van der Waals surface area contributed by atoms with Gasteiger partial charge in [-0.25, -0.2) is 9.97 Å². The number of nitrogens with one attached hydrogen (secondary N) is 1. The van der Waals surface area contributed by atoms with Crippen molar-refractivity contribution in [3.63, 3.8) is 0 Å². The fourth-order valence-electron chi connectivity index (χ4n) is 1.68. The lowest BCUT2D eigenvalue weighted by Gasteiger charge is -2.31. The molecule has 4 nitrogen and oxygen atoms in total. The Hall–Kier alpha value is -2.15. The van der Waals surface area contributed by atoms with E-state index in [0.717, 1.165) is 0 Å². The highest BCUT2D eigenvalue weighted by Gasteiger charge is 2.54. The first-order valence-corrected chi connectivity index (χ1v) is 5.79. The predicted octanol–water partition coefficient (Wildman–Crippen LogP) is 2.34. The first-order valence-electron chi connectivity index (χ1n) is 5.79. The van der Waals surface area contributed by atoms with Gasteiger partial charge in [0.1, 0.15) is 0 Å². The molecule has 1 heterocycles. The maximum absolute atomic E-state index is 13.2. The van der Waals surface area contributed by atoms with E-state index in [1.54, 1.807) is 12.1 Å². The van der Waals surface area contributed by atoms with Crippen LogP contribution >= 0.6 is 0 Å². The van der Waals surface area contributed by atoms with Gasteiger partial charge in [-0.1, -0.05) is 30.3 Å². The maximum atomic E-state index is 13.2. The molecule has 2 N–H and O–H groups in total. The second kappa shape index (κ2) is 5.46. The molecule has 0 aliphatic heterocycles. The first-order chi connectivity index (χ1) is 9.43. The maximum Gasteiger partial charge on any atom is 0.423 e. The number of nitrogens with zero attached hydrogens (tertiary/aromatic N) is 2. The highest BCUT2D eigenvalue weighted by atomic mass is 19.4. The van der Waals surface area contributed by atoms with Crippen molar-refractivity contribution in [1.29, 1.82) is 0 Å². The Labute approximate surface area is 113 Å². The van der Waals surface area contributed by atoms with E-state index in [0.29, 0.717) is 0 Å². The molecular formula is C13H12F3N3O. The third kappa shape index (κ3) is 2.88. The van der Waals surface area contributed by atoms with Crippen LogP contribution in [0.25, 0.3) is 0 Å². The van der Waals surface area contributed by atoms with E-state index in [1.165, 1.54) is 36.7 Å². The van der Waals surface area contributed by atoms with Crippen LogP contribution in [0.2, 0.25) is 0 Å². The predicted molar refractivity (Wildman–Crippen MR) is 66.9 cm³/mol. The number of hydrogen-bond acceptors (Lipinski definition) is 4. The number of benzene rings is 1. The van der Waals surface area contributed by atoms with Gasteiger partial charge in [-0.3, -0.25) is 0 Å². The third-order valence-electron chi connectivity index (χ3n) is 2.79. The van der Waals surface area contributed by atoms with E-state index in [4.69, 9.17) is 0 Å². The molecule has 0 aliphatic rings. The monoisotopic (exact) mass is 283 g/mol. The summed E-state index contributed by atoms with van der Waals surface area (Å²) in [6, 6.07) is 8.44. The van der Waals surface area contributed by atoms with Crippen LogP contribution in [0, 0.1) is 0 Å². The van der Waals surface area contributed by atoms with E-state index in [1.807, 2.05) is 0 Å². The van der Waals surface area contributed by atoms with Gasteiger partial charge in [-0.2, -0.15) is 13.2 Å². The molecule has 0 saturated heterocycles. The smallest absolute Gasteiger partial charge is 0.375 e. The summed E-state index contributed by atoms with van der Waals surface area (Å²) in [7, 11) is 0. The van der Waals surface area contributed by atoms with Gasteiger partial charge < -0.3 is 10.4 Å². The van der Waals surface area contributed by atoms with Gasteiger partial charge in [0.25, 0.3) is 0 Å². The Bertz CT molecular complexity index is 548. The SMILES string of the molecule is O[C@](CNc1ncccn1)(c1ccccc1)C(F)(F)F. The lowest BCUT2D eigenvalue weighted by atomic mass is 9.93. The zero-order chi connectivity index (χ0) is 14.6. The minimum absolute atomic E-state index is 0.0195. The highest BCUT2D eigenvalue weighted by molar-refractivity contribution is 5.30. The van der Waals surface area contributed by atoms with Crippen molar-refractivity contribution in [1.82, 2.24) is 9.97 Å². The van der Waals surface area contributed by atoms with Crippen molar-refractivity contribution in [2.75, 3.05) is 11.9 Å². The summed E-state index contributed by atoms with van der Waals surface area (Å²) >= 11 is 0. The van der Waals surface area contributed by atoms with E-state index in [-0.39, 0.29) is 11.5 Å². The molecule has 2 rings (SSSR count). The zero-order valence-electron chi connectivity index (χ0n) is 10.3. The van der Waals surface area contributed by atoms with Crippen molar-refractivity contribution in [2.24, 2.45) is 0 Å². The number of anilines is 1. The van der Waals surface area contributed by atoms with Crippen LogP contribution in [-0.4, -0.2) is 27.8 Å². The molecule has 0 saturated carbocycles. The zero-order valence-corrected chi connectivity index (χ0v) is 10.3. The molecule has 7 heteroatoms. The number of alkyl halides is 3. The van der Waals surface area contributed by atoms with Crippen LogP contribution in [0.5, 0.6) is 0 Å². The Morgan fingerprint density at radius 1 is 1.00 bits per heavy atom. The van der Waals surface area contributed by atoms with E-state index >= 15 is 0 Å². The van der Waals surface area contributed by atoms with Gasteiger partial charge in [0.15, 0.2) is 0 Å². The van der Waals surface area contributed by atoms with Crippen LogP contribution in [0.3, 0.4) is 0 Å². The average Bonchev–Trinajstić information content (AvgIpc) is 2.45. The molecule has 0 bridgehead atoms. The van der Waals surface area contributed by atoms with Gasteiger partial charge in [0, 0.05) is 12.4 Å². The van der Waals surface area contributed by atoms with E-state index in [9.17, 15) is 18.3 Å². The van der Waals surface area contributed by atoms with Crippen LogP contribution in [0.4, 0.5) is 19.1 Å². The highest BCUT2D eigenvalue weighted by Crippen LogP contribution is 2.38. The lowest BCUT2D eigenvalue weighted by molar-refractivity contribution is -0.260. The summed E-state index contributed by atoms with van der Waals surface area (Å²) in [6.45, 7) is -0.773. The fourth-order valence-corrected chi connectivity index (χ4v) is 1.68. The first kappa shape index (κ1) is 14.3. The summed E-state index contributed by atoms with van der Waals surface area (Å²) in [5, 5.41) is 12.4. The molecule has 1 aromatic heterocycles. The molecule has 0 unspecified atom stereocenters. The Morgan fingerprint density at radius 3 is 2.15 bits per heavy atom.